The lowest BCUT2D eigenvalue weighted by Gasteiger charge is -2.12. The summed E-state index contributed by atoms with van der Waals surface area (Å²) in [4.78, 5) is 24.8. The number of imidazole rings is 1. The van der Waals surface area contributed by atoms with E-state index in [1.807, 2.05) is 0 Å². The lowest BCUT2D eigenvalue weighted by Crippen LogP contribution is -2.16. The van der Waals surface area contributed by atoms with Crippen molar-refractivity contribution in [2.45, 2.75) is 12.0 Å². The highest BCUT2D eigenvalue weighted by Crippen LogP contribution is 2.32. The van der Waals surface area contributed by atoms with Crippen LogP contribution in [0.3, 0.4) is 0 Å². The van der Waals surface area contributed by atoms with Gasteiger partial charge in [0.2, 0.25) is 0 Å². The molecule has 0 fully saturated rings. The van der Waals surface area contributed by atoms with Gasteiger partial charge in [-0.1, -0.05) is 0 Å². The van der Waals surface area contributed by atoms with Crippen LogP contribution in [0.4, 0.5) is 23.2 Å². The number of aryl methyl sites for hydroxylation is 1. The van der Waals surface area contributed by atoms with Crippen molar-refractivity contribution in [1.82, 2.24) is 19.5 Å². The zero-order valence-electron chi connectivity index (χ0n) is 16.8. The van der Waals surface area contributed by atoms with Crippen LogP contribution >= 0.6 is 11.6 Å². The predicted molar refractivity (Wildman–Crippen MR) is 113 cm³/mol. The number of carbonyl (C=O) groups excluding carboxylic acids is 1. The van der Waals surface area contributed by atoms with Crippen molar-refractivity contribution < 1.29 is 27.1 Å². The van der Waals surface area contributed by atoms with Crippen LogP contribution in [0.1, 0.15) is 22.6 Å². The summed E-state index contributed by atoms with van der Waals surface area (Å²) in [6.07, 6.45) is 1.45. The molecule has 170 valence electrons. The van der Waals surface area contributed by atoms with E-state index in [2.05, 4.69) is 25.0 Å². The maximum atomic E-state index is 13.4. The Morgan fingerprint density at radius 3 is 2.42 bits per heavy atom. The van der Waals surface area contributed by atoms with Crippen LogP contribution in [0, 0.1) is 0 Å². The lowest BCUT2D eigenvalue weighted by molar-refractivity contribution is -0.0964. The van der Waals surface area contributed by atoms with E-state index < -0.39 is 23.7 Å². The largest absolute Gasteiger partial charge is 0.487 e. The van der Waals surface area contributed by atoms with E-state index in [1.54, 1.807) is 0 Å². The van der Waals surface area contributed by atoms with Gasteiger partial charge in [0.15, 0.2) is 5.82 Å². The normalized spacial score (nSPS) is 11.7. The quantitative estimate of drug-likeness (QED) is 0.296. The summed E-state index contributed by atoms with van der Waals surface area (Å²) in [6, 6.07) is 8.03. The third kappa shape index (κ3) is 4.87. The number of nitrogens with zero attached hydrogens (tertiary/aromatic N) is 4. The highest BCUT2D eigenvalue weighted by molar-refractivity contribution is 6.20. The van der Waals surface area contributed by atoms with E-state index in [0.717, 1.165) is 0 Å². The molecule has 1 amide bonds. The van der Waals surface area contributed by atoms with Crippen LogP contribution in [-0.4, -0.2) is 31.0 Å². The first-order valence-corrected chi connectivity index (χ1v) is 9.71. The zero-order chi connectivity index (χ0) is 23.8. The molecule has 2 aromatic carbocycles. The summed E-state index contributed by atoms with van der Waals surface area (Å²) < 4.78 is 57.8. The highest BCUT2D eigenvalue weighted by Gasteiger charge is 2.27. The van der Waals surface area contributed by atoms with E-state index in [9.17, 15) is 22.4 Å². The summed E-state index contributed by atoms with van der Waals surface area (Å²) in [7, 11) is 1.43. The van der Waals surface area contributed by atoms with Gasteiger partial charge in [-0.2, -0.15) is 0 Å². The fraction of sp³-hybridized carbons (Fsp3) is 0.143. The summed E-state index contributed by atoms with van der Waals surface area (Å²) >= 11 is 4.73. The number of amides is 1. The van der Waals surface area contributed by atoms with Gasteiger partial charge in [-0.25, -0.2) is 23.7 Å². The van der Waals surface area contributed by atoms with Gasteiger partial charge in [-0.05, 0) is 36.4 Å². The van der Waals surface area contributed by atoms with E-state index >= 15 is 0 Å². The number of alkyl halides is 5. The lowest BCUT2D eigenvalue weighted by atomic mass is 10.0. The van der Waals surface area contributed by atoms with Crippen LogP contribution in [0.5, 0.6) is 5.75 Å². The van der Waals surface area contributed by atoms with Gasteiger partial charge in [0, 0.05) is 53.4 Å². The minimum Gasteiger partial charge on any atom is -0.420 e. The fourth-order valence-electron chi connectivity index (χ4n) is 3.23. The predicted octanol–water partition coefficient (Wildman–Crippen LogP) is 5.39. The van der Waals surface area contributed by atoms with Crippen molar-refractivity contribution >= 4 is 34.2 Å². The average molecular weight is 480 g/mol. The molecule has 12 heteroatoms. The number of carbonyl (C=O) groups is 1. The number of fused-ring (bicyclic) bond motifs is 1. The molecule has 4 rings (SSSR count). The molecule has 7 nitrogen and oxygen atoms in total. The standard InChI is InChI=1S/C21H14ClF4N5O2/c1-31-16-7-11(20(32)29-13-2-4-14(5-3-13)33-21(22,25)26)6-15(12-8-27-10-28-9-12)17(16)30-19(31)18(23)24/h2-10,18H,1H3,(H,29,32). The molecule has 0 bridgehead atoms. The number of hydrogen-bond donors (Lipinski definition) is 1. The van der Waals surface area contributed by atoms with Gasteiger partial charge in [-0.15, -0.1) is 8.78 Å². The summed E-state index contributed by atoms with van der Waals surface area (Å²) in [5.41, 5.74) is -1.97. The van der Waals surface area contributed by atoms with Crippen molar-refractivity contribution in [2.24, 2.45) is 7.05 Å². The number of benzene rings is 2. The Kier molecular flexibility index (Phi) is 5.90. The number of aromatic nitrogens is 4. The van der Waals surface area contributed by atoms with Crippen molar-refractivity contribution in [3.63, 3.8) is 0 Å². The van der Waals surface area contributed by atoms with Gasteiger partial charge in [0.05, 0.1) is 11.0 Å². The Balaban J connectivity index is 1.71. The van der Waals surface area contributed by atoms with Crippen molar-refractivity contribution in [1.29, 1.82) is 0 Å². The van der Waals surface area contributed by atoms with Gasteiger partial charge >= 0.3 is 5.57 Å². The number of anilines is 1. The third-order valence-corrected chi connectivity index (χ3v) is 4.77. The Bertz CT molecular complexity index is 1310. The highest BCUT2D eigenvalue weighted by atomic mass is 35.5. The maximum Gasteiger partial charge on any atom is 0.487 e. The minimum absolute atomic E-state index is 0.151. The van der Waals surface area contributed by atoms with Crippen LogP contribution < -0.4 is 10.1 Å². The minimum atomic E-state index is -3.86. The van der Waals surface area contributed by atoms with Crippen LogP contribution in [-0.2, 0) is 7.05 Å². The summed E-state index contributed by atoms with van der Waals surface area (Å²) in [5.74, 6) is -1.21. The molecule has 0 aliphatic heterocycles. The molecule has 0 unspecified atom stereocenters. The molecule has 0 aliphatic rings. The van der Waals surface area contributed by atoms with Gasteiger partial charge in [0.25, 0.3) is 12.3 Å². The molecule has 0 saturated carbocycles. The number of rotatable bonds is 6. The number of ether oxygens (including phenoxy) is 1. The second kappa shape index (κ2) is 8.66. The van der Waals surface area contributed by atoms with E-state index in [-0.39, 0.29) is 22.5 Å². The molecule has 0 spiro atoms. The molecular formula is C21H14ClF4N5O2. The first kappa shape index (κ1) is 22.5. The number of halogens is 5. The fourth-order valence-corrected chi connectivity index (χ4v) is 3.32. The molecule has 0 radical (unpaired) electrons. The van der Waals surface area contributed by atoms with Gasteiger partial charge < -0.3 is 14.6 Å². The number of nitrogens with one attached hydrogen (secondary N) is 1. The van der Waals surface area contributed by atoms with Crippen LogP contribution in [0.15, 0.2) is 55.1 Å². The summed E-state index contributed by atoms with van der Waals surface area (Å²) in [6.45, 7) is 0. The van der Waals surface area contributed by atoms with Crippen molar-refractivity contribution in [3.05, 3.63) is 66.5 Å². The average Bonchev–Trinajstić information content (AvgIpc) is 3.11. The van der Waals surface area contributed by atoms with Crippen molar-refractivity contribution in [2.75, 3.05) is 5.32 Å². The monoisotopic (exact) mass is 479 g/mol. The van der Waals surface area contributed by atoms with Crippen LogP contribution in [0.25, 0.3) is 22.2 Å². The Morgan fingerprint density at radius 2 is 1.82 bits per heavy atom. The molecule has 2 aromatic heterocycles. The maximum absolute atomic E-state index is 13.4. The van der Waals surface area contributed by atoms with Gasteiger partial charge in [-0.3, -0.25) is 4.79 Å². The topological polar surface area (TPSA) is 81.9 Å². The molecule has 0 atom stereocenters. The Hall–Kier alpha value is -3.73. The molecule has 2 heterocycles. The summed E-state index contributed by atoms with van der Waals surface area (Å²) in [5, 5.41) is 2.62. The van der Waals surface area contributed by atoms with E-state index in [0.29, 0.717) is 16.6 Å². The second-order valence-corrected chi connectivity index (χ2v) is 7.31. The van der Waals surface area contributed by atoms with E-state index in [1.165, 1.54) is 66.7 Å². The first-order valence-electron chi connectivity index (χ1n) is 9.33. The SMILES string of the molecule is Cn1c(C(F)F)nc2c(-c3cncnc3)cc(C(=O)Nc3ccc(OC(F)(F)Cl)cc3)cc21. The van der Waals surface area contributed by atoms with Crippen LogP contribution in [0.2, 0.25) is 0 Å². The first-order chi connectivity index (χ1) is 15.6. The third-order valence-electron chi connectivity index (χ3n) is 4.70. The molecule has 0 aliphatic carbocycles. The van der Waals surface area contributed by atoms with Crippen molar-refractivity contribution in [3.8, 4) is 16.9 Å². The smallest absolute Gasteiger partial charge is 0.420 e. The number of hydrogen-bond acceptors (Lipinski definition) is 5. The Labute approximate surface area is 189 Å². The second-order valence-electron chi connectivity index (χ2n) is 6.87. The molecule has 4 aromatic rings. The van der Waals surface area contributed by atoms with E-state index in [4.69, 9.17) is 11.6 Å². The Morgan fingerprint density at radius 1 is 1.15 bits per heavy atom. The molecular weight excluding hydrogens is 466 g/mol. The zero-order valence-corrected chi connectivity index (χ0v) is 17.5. The molecule has 1 N–H and O–H groups in total. The molecule has 33 heavy (non-hydrogen) atoms. The van der Waals surface area contributed by atoms with Gasteiger partial charge in [0.1, 0.15) is 12.1 Å². The molecule has 0 saturated heterocycles.